The van der Waals surface area contributed by atoms with Crippen LogP contribution < -0.4 is 5.32 Å². The topological polar surface area (TPSA) is 29.9 Å². The molecule has 0 aliphatic carbocycles. The summed E-state index contributed by atoms with van der Waals surface area (Å²) in [5, 5.41) is 8.04. The van der Waals surface area contributed by atoms with Crippen LogP contribution in [0.5, 0.6) is 0 Å². The van der Waals surface area contributed by atoms with E-state index in [1.807, 2.05) is 17.9 Å². The minimum absolute atomic E-state index is 0.309. The summed E-state index contributed by atoms with van der Waals surface area (Å²) in [5.74, 6) is 0.714. The van der Waals surface area contributed by atoms with Crippen molar-refractivity contribution < 1.29 is 0 Å². The average Bonchev–Trinajstić information content (AvgIpc) is 2.63. The molecule has 1 rings (SSSR count). The van der Waals surface area contributed by atoms with Crippen LogP contribution in [-0.4, -0.2) is 22.9 Å². The van der Waals surface area contributed by atoms with Crippen LogP contribution in [0.15, 0.2) is 12.3 Å². The lowest BCUT2D eigenvalue weighted by Crippen LogP contribution is -2.35. The molecule has 0 radical (unpaired) electrons. The van der Waals surface area contributed by atoms with Gasteiger partial charge in [0.2, 0.25) is 0 Å². The fraction of sp³-hybridized carbons (Fsp3) is 0.786. The van der Waals surface area contributed by atoms with Gasteiger partial charge in [-0.15, -0.1) is 0 Å². The maximum atomic E-state index is 4.48. The molecular weight excluding hydrogens is 210 g/mol. The highest BCUT2D eigenvalue weighted by atomic mass is 15.2. The van der Waals surface area contributed by atoms with Crippen molar-refractivity contribution in [2.24, 2.45) is 18.4 Å². The normalized spacial score (nSPS) is 15.2. The number of aromatic nitrogens is 2. The van der Waals surface area contributed by atoms with Gasteiger partial charge in [0, 0.05) is 19.8 Å². The second-order valence-corrected chi connectivity index (χ2v) is 5.85. The fourth-order valence-corrected chi connectivity index (χ4v) is 1.97. The molecule has 1 N–H and O–H groups in total. The van der Waals surface area contributed by atoms with Crippen LogP contribution in [0.1, 0.15) is 39.8 Å². The Morgan fingerprint density at radius 2 is 2.18 bits per heavy atom. The summed E-state index contributed by atoms with van der Waals surface area (Å²) in [6, 6.07) is 2.12. The zero-order valence-corrected chi connectivity index (χ0v) is 12.0. The van der Waals surface area contributed by atoms with Crippen LogP contribution in [-0.2, 0) is 13.5 Å². The molecule has 3 heteroatoms. The van der Waals surface area contributed by atoms with Crippen molar-refractivity contribution >= 4 is 0 Å². The van der Waals surface area contributed by atoms with Gasteiger partial charge in [-0.25, -0.2) is 0 Å². The smallest absolute Gasteiger partial charge is 0.0630 e. The molecule has 17 heavy (non-hydrogen) atoms. The van der Waals surface area contributed by atoms with Gasteiger partial charge in [-0.1, -0.05) is 27.7 Å². The molecule has 0 aliphatic rings. The minimum atomic E-state index is 0.309. The predicted molar refractivity (Wildman–Crippen MR) is 73.0 cm³/mol. The van der Waals surface area contributed by atoms with Crippen LogP contribution in [0.25, 0.3) is 0 Å². The summed E-state index contributed by atoms with van der Waals surface area (Å²) in [5.41, 5.74) is 1.51. The van der Waals surface area contributed by atoms with Crippen molar-refractivity contribution in [1.82, 2.24) is 15.1 Å². The van der Waals surface area contributed by atoms with Crippen molar-refractivity contribution in [3.05, 3.63) is 18.0 Å². The van der Waals surface area contributed by atoms with Crippen molar-refractivity contribution in [1.29, 1.82) is 0 Å². The Morgan fingerprint density at radius 1 is 1.47 bits per heavy atom. The van der Waals surface area contributed by atoms with Crippen LogP contribution in [0.3, 0.4) is 0 Å². The van der Waals surface area contributed by atoms with Gasteiger partial charge in [0.1, 0.15) is 0 Å². The summed E-state index contributed by atoms with van der Waals surface area (Å²) < 4.78 is 1.88. The maximum absolute atomic E-state index is 4.48. The third-order valence-electron chi connectivity index (χ3n) is 3.33. The highest BCUT2D eigenvalue weighted by molar-refractivity contribution is 5.02. The van der Waals surface area contributed by atoms with E-state index in [4.69, 9.17) is 0 Å². The molecule has 0 aliphatic heterocycles. The Labute approximate surface area is 106 Å². The third kappa shape index (κ3) is 4.90. The second kappa shape index (κ2) is 6.20. The lowest BCUT2D eigenvalue weighted by molar-refractivity contribution is 0.282. The van der Waals surface area contributed by atoms with E-state index in [1.54, 1.807) is 0 Å². The van der Waals surface area contributed by atoms with Crippen molar-refractivity contribution in [2.75, 3.05) is 13.1 Å². The quantitative estimate of drug-likeness (QED) is 0.790. The molecule has 0 bridgehead atoms. The van der Waals surface area contributed by atoms with Crippen molar-refractivity contribution in [2.45, 2.75) is 40.5 Å². The van der Waals surface area contributed by atoms with E-state index in [0.717, 1.165) is 19.5 Å². The van der Waals surface area contributed by atoms with E-state index in [-0.39, 0.29) is 0 Å². The molecule has 1 atom stereocenters. The first-order valence-electron chi connectivity index (χ1n) is 6.64. The molecule has 0 fully saturated rings. The first-order chi connectivity index (χ1) is 7.95. The number of nitrogens with zero attached hydrogens (tertiary/aromatic N) is 2. The molecule has 98 valence electrons. The van der Waals surface area contributed by atoms with E-state index in [1.165, 1.54) is 12.1 Å². The summed E-state index contributed by atoms with van der Waals surface area (Å²) in [6.45, 7) is 11.3. The predicted octanol–water partition coefficient (Wildman–Crippen LogP) is 2.62. The Kier molecular flexibility index (Phi) is 5.19. The Bertz CT molecular complexity index is 330. The lowest BCUT2D eigenvalue weighted by atomic mass is 9.82. The zero-order valence-electron chi connectivity index (χ0n) is 12.0. The molecule has 1 aromatic heterocycles. The summed E-state index contributed by atoms with van der Waals surface area (Å²) >= 11 is 0. The SMILES string of the molecule is CCC(C)(CNCC(C)C)Cc1ccn(C)n1. The van der Waals surface area contributed by atoms with Gasteiger partial charge in [0.05, 0.1) is 5.69 Å². The zero-order chi connectivity index (χ0) is 12.9. The molecule has 0 saturated heterocycles. The molecular formula is C14H27N3. The first-order valence-corrected chi connectivity index (χ1v) is 6.64. The molecule has 0 aromatic carbocycles. The van der Waals surface area contributed by atoms with Crippen molar-refractivity contribution in [3.63, 3.8) is 0 Å². The molecule has 0 spiro atoms. The largest absolute Gasteiger partial charge is 0.316 e. The highest BCUT2D eigenvalue weighted by Gasteiger charge is 2.23. The third-order valence-corrected chi connectivity index (χ3v) is 3.33. The Hall–Kier alpha value is -0.830. The van der Waals surface area contributed by atoms with E-state index in [9.17, 15) is 0 Å². The minimum Gasteiger partial charge on any atom is -0.316 e. The summed E-state index contributed by atoms with van der Waals surface area (Å²) in [4.78, 5) is 0. The molecule has 0 saturated carbocycles. The van der Waals surface area contributed by atoms with Gasteiger partial charge in [0.15, 0.2) is 0 Å². The molecule has 1 unspecified atom stereocenters. The monoisotopic (exact) mass is 237 g/mol. The van der Waals surface area contributed by atoms with Crippen LogP contribution in [0.2, 0.25) is 0 Å². The van der Waals surface area contributed by atoms with E-state index in [0.29, 0.717) is 11.3 Å². The number of hydrogen-bond acceptors (Lipinski definition) is 2. The number of nitrogens with one attached hydrogen (secondary N) is 1. The van der Waals surface area contributed by atoms with Crippen LogP contribution in [0.4, 0.5) is 0 Å². The number of rotatable bonds is 7. The van der Waals surface area contributed by atoms with Gasteiger partial charge < -0.3 is 5.32 Å². The highest BCUT2D eigenvalue weighted by Crippen LogP contribution is 2.24. The van der Waals surface area contributed by atoms with Gasteiger partial charge in [-0.05, 0) is 36.8 Å². The number of aryl methyl sites for hydroxylation is 1. The average molecular weight is 237 g/mol. The van der Waals surface area contributed by atoms with E-state index in [2.05, 4.69) is 44.2 Å². The maximum Gasteiger partial charge on any atom is 0.0630 e. The summed E-state index contributed by atoms with van der Waals surface area (Å²) in [7, 11) is 1.98. The van der Waals surface area contributed by atoms with E-state index < -0.39 is 0 Å². The fourth-order valence-electron chi connectivity index (χ4n) is 1.97. The van der Waals surface area contributed by atoms with Gasteiger partial charge >= 0.3 is 0 Å². The van der Waals surface area contributed by atoms with Crippen LogP contribution in [0, 0.1) is 11.3 Å². The molecule has 1 aromatic rings. The second-order valence-electron chi connectivity index (χ2n) is 5.85. The molecule has 0 amide bonds. The van der Waals surface area contributed by atoms with Gasteiger partial charge in [-0.2, -0.15) is 5.10 Å². The standard InChI is InChI=1S/C14H27N3/c1-6-14(4,11-15-10-12(2)3)9-13-7-8-17(5)16-13/h7-8,12,15H,6,9-11H2,1-5H3. The van der Waals surface area contributed by atoms with Crippen LogP contribution >= 0.6 is 0 Å². The Balaban J connectivity index is 2.50. The Morgan fingerprint density at radius 3 is 2.65 bits per heavy atom. The summed E-state index contributed by atoms with van der Waals surface area (Å²) in [6.07, 6.45) is 4.25. The first kappa shape index (κ1) is 14.2. The van der Waals surface area contributed by atoms with Gasteiger partial charge in [0.25, 0.3) is 0 Å². The van der Waals surface area contributed by atoms with Gasteiger partial charge in [-0.3, -0.25) is 4.68 Å². The lowest BCUT2D eigenvalue weighted by Gasteiger charge is -2.28. The number of hydrogen-bond donors (Lipinski definition) is 1. The van der Waals surface area contributed by atoms with Crippen molar-refractivity contribution in [3.8, 4) is 0 Å². The molecule has 1 heterocycles. The molecule has 3 nitrogen and oxygen atoms in total. The van der Waals surface area contributed by atoms with E-state index >= 15 is 0 Å².